The zero-order valence-electron chi connectivity index (χ0n) is 15.7. The van der Waals surface area contributed by atoms with E-state index in [1.54, 1.807) is 31.4 Å². The van der Waals surface area contributed by atoms with Crippen molar-refractivity contribution in [2.75, 3.05) is 12.4 Å². The Morgan fingerprint density at radius 3 is 2.52 bits per heavy atom. The molecular weight excluding hydrogens is 346 g/mol. The van der Waals surface area contributed by atoms with Crippen LogP contribution in [0.25, 0.3) is 0 Å². The van der Waals surface area contributed by atoms with Crippen molar-refractivity contribution in [2.24, 2.45) is 0 Å². The molecule has 1 amide bonds. The molecule has 0 bridgehead atoms. The van der Waals surface area contributed by atoms with E-state index in [1.165, 1.54) is 13.8 Å². The number of esters is 1. The molecule has 0 fully saturated rings. The predicted octanol–water partition coefficient (Wildman–Crippen LogP) is 3.40. The van der Waals surface area contributed by atoms with Crippen molar-refractivity contribution < 1.29 is 23.9 Å². The molecule has 0 radical (unpaired) electrons. The fourth-order valence-electron chi connectivity index (χ4n) is 2.52. The predicted molar refractivity (Wildman–Crippen MR) is 102 cm³/mol. The van der Waals surface area contributed by atoms with Gasteiger partial charge in [-0.1, -0.05) is 30.3 Å². The second-order valence-electron chi connectivity index (χ2n) is 6.07. The van der Waals surface area contributed by atoms with Crippen LogP contribution in [0.5, 0.6) is 5.75 Å². The number of anilines is 1. The molecular formula is C21H23NO5. The number of aryl methyl sites for hydroxylation is 1. The highest BCUT2D eigenvalue weighted by Gasteiger charge is 2.18. The minimum atomic E-state index is -0.948. The molecule has 0 aliphatic heterocycles. The number of nitrogens with one attached hydrogen (secondary N) is 1. The molecule has 0 heterocycles. The van der Waals surface area contributed by atoms with Crippen molar-refractivity contribution in [3.8, 4) is 5.75 Å². The molecule has 1 atom stereocenters. The summed E-state index contributed by atoms with van der Waals surface area (Å²) >= 11 is 0. The molecule has 0 aromatic heterocycles. The maximum absolute atomic E-state index is 12.2. The van der Waals surface area contributed by atoms with Crippen LogP contribution in [0.3, 0.4) is 0 Å². The first-order valence-corrected chi connectivity index (χ1v) is 8.64. The highest BCUT2D eigenvalue weighted by molar-refractivity contribution is 5.98. The van der Waals surface area contributed by atoms with Gasteiger partial charge < -0.3 is 14.8 Å². The summed E-state index contributed by atoms with van der Waals surface area (Å²) in [6.07, 6.45) is -0.355. The Morgan fingerprint density at radius 2 is 1.81 bits per heavy atom. The minimum Gasteiger partial charge on any atom is -0.496 e. The van der Waals surface area contributed by atoms with Crippen LogP contribution in [0, 0.1) is 0 Å². The molecule has 27 heavy (non-hydrogen) atoms. The molecule has 142 valence electrons. The number of benzene rings is 2. The van der Waals surface area contributed by atoms with Crippen LogP contribution < -0.4 is 10.1 Å². The summed E-state index contributed by atoms with van der Waals surface area (Å²) in [5, 5.41) is 2.65. The third-order valence-electron chi connectivity index (χ3n) is 4.01. The van der Waals surface area contributed by atoms with E-state index in [2.05, 4.69) is 5.32 Å². The summed E-state index contributed by atoms with van der Waals surface area (Å²) in [6.45, 7) is 2.96. The molecule has 2 rings (SSSR count). The van der Waals surface area contributed by atoms with Gasteiger partial charge in [-0.05, 0) is 44.0 Å². The smallest absolute Gasteiger partial charge is 0.306 e. The van der Waals surface area contributed by atoms with Crippen LogP contribution in [0.1, 0.15) is 36.2 Å². The van der Waals surface area contributed by atoms with Crippen molar-refractivity contribution >= 4 is 23.3 Å². The summed E-state index contributed by atoms with van der Waals surface area (Å²) in [7, 11) is 1.57. The number of ether oxygens (including phenoxy) is 2. The van der Waals surface area contributed by atoms with Crippen LogP contribution in [0.4, 0.5) is 5.69 Å². The quantitative estimate of drug-likeness (QED) is 0.570. The van der Waals surface area contributed by atoms with E-state index in [1.807, 2.05) is 24.3 Å². The number of methoxy groups -OCH3 is 1. The van der Waals surface area contributed by atoms with Gasteiger partial charge in [-0.3, -0.25) is 14.4 Å². The average Bonchev–Trinajstić information content (AvgIpc) is 2.66. The normalized spacial score (nSPS) is 11.4. The summed E-state index contributed by atoms with van der Waals surface area (Å²) in [5.74, 6) is -0.314. The molecule has 2 aromatic rings. The van der Waals surface area contributed by atoms with E-state index < -0.39 is 18.0 Å². The van der Waals surface area contributed by atoms with Crippen LogP contribution in [-0.4, -0.2) is 30.9 Å². The van der Waals surface area contributed by atoms with Crippen LogP contribution in [0.2, 0.25) is 0 Å². The highest BCUT2D eigenvalue weighted by atomic mass is 16.5. The van der Waals surface area contributed by atoms with Gasteiger partial charge in [0.05, 0.1) is 7.11 Å². The van der Waals surface area contributed by atoms with Crippen LogP contribution in [0.15, 0.2) is 48.5 Å². The number of Topliss-reactive ketones (excluding diaryl/α,β-unsaturated/α-hetero) is 1. The van der Waals surface area contributed by atoms with Gasteiger partial charge in [0.1, 0.15) is 5.75 Å². The van der Waals surface area contributed by atoms with E-state index in [0.29, 0.717) is 23.4 Å². The summed E-state index contributed by atoms with van der Waals surface area (Å²) in [6, 6.07) is 14.0. The zero-order valence-corrected chi connectivity index (χ0v) is 15.7. The fourth-order valence-corrected chi connectivity index (χ4v) is 2.52. The van der Waals surface area contributed by atoms with Crippen molar-refractivity contribution in [2.45, 2.75) is 32.8 Å². The minimum absolute atomic E-state index is 0.0954. The van der Waals surface area contributed by atoms with Gasteiger partial charge in [0.2, 0.25) is 0 Å². The van der Waals surface area contributed by atoms with Gasteiger partial charge in [0.25, 0.3) is 5.91 Å². The Balaban J connectivity index is 1.87. The number of carbonyl (C=O) groups is 3. The second kappa shape index (κ2) is 9.52. The average molecular weight is 369 g/mol. The Labute approximate surface area is 158 Å². The van der Waals surface area contributed by atoms with Gasteiger partial charge in [-0.2, -0.15) is 0 Å². The summed E-state index contributed by atoms with van der Waals surface area (Å²) in [5.41, 5.74) is 1.87. The highest BCUT2D eigenvalue weighted by Crippen LogP contribution is 2.19. The SMILES string of the molecule is COc1ccccc1CCC(=O)O[C@@H](C)C(=O)Nc1cccc(C(C)=O)c1. The lowest BCUT2D eigenvalue weighted by Crippen LogP contribution is -2.30. The number of para-hydroxylation sites is 1. The lowest BCUT2D eigenvalue weighted by molar-refractivity contribution is -0.153. The van der Waals surface area contributed by atoms with Crippen molar-refractivity contribution in [1.29, 1.82) is 0 Å². The third-order valence-corrected chi connectivity index (χ3v) is 4.01. The van der Waals surface area contributed by atoms with Gasteiger partial charge >= 0.3 is 5.97 Å². The van der Waals surface area contributed by atoms with Gasteiger partial charge in [0, 0.05) is 17.7 Å². The Morgan fingerprint density at radius 1 is 1.07 bits per heavy atom. The number of hydrogen-bond acceptors (Lipinski definition) is 5. The van der Waals surface area contributed by atoms with E-state index in [4.69, 9.17) is 9.47 Å². The van der Waals surface area contributed by atoms with Gasteiger partial charge in [0.15, 0.2) is 11.9 Å². The van der Waals surface area contributed by atoms with Gasteiger partial charge in [-0.25, -0.2) is 0 Å². The Bertz CT molecular complexity index is 831. The molecule has 0 saturated heterocycles. The largest absolute Gasteiger partial charge is 0.496 e. The topological polar surface area (TPSA) is 81.7 Å². The molecule has 6 heteroatoms. The molecule has 0 aliphatic carbocycles. The first-order chi connectivity index (χ1) is 12.9. The molecule has 2 aromatic carbocycles. The first-order valence-electron chi connectivity index (χ1n) is 8.64. The lowest BCUT2D eigenvalue weighted by atomic mass is 10.1. The fraction of sp³-hybridized carbons (Fsp3) is 0.286. The standard InChI is InChI=1S/C21H23NO5/c1-14(23)17-8-6-9-18(13-17)22-21(25)15(2)27-20(24)12-11-16-7-4-5-10-19(16)26-3/h4-10,13,15H,11-12H2,1-3H3,(H,22,25)/t15-/m0/s1. The van der Waals surface area contributed by atoms with Crippen LogP contribution in [-0.2, 0) is 20.7 Å². The van der Waals surface area contributed by atoms with Crippen LogP contribution >= 0.6 is 0 Å². The third kappa shape index (κ3) is 5.95. The first kappa shape index (κ1) is 20.2. The van der Waals surface area contributed by atoms with E-state index in [0.717, 1.165) is 5.56 Å². The van der Waals surface area contributed by atoms with E-state index in [-0.39, 0.29) is 12.2 Å². The van der Waals surface area contributed by atoms with E-state index in [9.17, 15) is 14.4 Å². The number of hydrogen-bond donors (Lipinski definition) is 1. The van der Waals surface area contributed by atoms with Gasteiger partial charge in [-0.15, -0.1) is 0 Å². The number of ketones is 1. The summed E-state index contributed by atoms with van der Waals surface area (Å²) < 4.78 is 10.4. The number of amides is 1. The maximum Gasteiger partial charge on any atom is 0.306 e. The number of rotatable bonds is 8. The Kier molecular flexibility index (Phi) is 7.11. The Hall–Kier alpha value is -3.15. The monoisotopic (exact) mass is 369 g/mol. The maximum atomic E-state index is 12.2. The van der Waals surface area contributed by atoms with Crippen molar-refractivity contribution in [3.05, 3.63) is 59.7 Å². The molecule has 0 aliphatic rings. The molecule has 0 unspecified atom stereocenters. The van der Waals surface area contributed by atoms with Crippen molar-refractivity contribution in [3.63, 3.8) is 0 Å². The molecule has 6 nitrogen and oxygen atoms in total. The molecule has 0 saturated carbocycles. The zero-order chi connectivity index (χ0) is 19.8. The second-order valence-corrected chi connectivity index (χ2v) is 6.07. The summed E-state index contributed by atoms with van der Waals surface area (Å²) in [4.78, 5) is 35.7. The molecule has 0 spiro atoms. The number of carbonyl (C=O) groups excluding carboxylic acids is 3. The van der Waals surface area contributed by atoms with E-state index >= 15 is 0 Å². The van der Waals surface area contributed by atoms with Crippen molar-refractivity contribution in [1.82, 2.24) is 0 Å². The lowest BCUT2D eigenvalue weighted by Gasteiger charge is -2.14. The molecule has 1 N–H and O–H groups in total.